The number of amides is 1. The standard InChI is InChI=1S/C19H19F4N3O/c20-13-6-3-7-14(8-13)26-17-9-16(19(21,22)23)15(11-24-17)18(27)25-10-12-4-1-2-5-12/h3,6-9,11-12H,1-2,4-5,10H2,(H,24,26)(H,25,27). The lowest BCUT2D eigenvalue weighted by Crippen LogP contribution is -2.30. The summed E-state index contributed by atoms with van der Waals surface area (Å²) in [5.41, 5.74) is -1.35. The highest BCUT2D eigenvalue weighted by molar-refractivity contribution is 5.96. The molecule has 1 heterocycles. The molecule has 1 aromatic carbocycles. The summed E-state index contributed by atoms with van der Waals surface area (Å²) in [6.07, 6.45) is 0.282. The van der Waals surface area contributed by atoms with Crippen LogP contribution >= 0.6 is 0 Å². The average molecular weight is 381 g/mol. The van der Waals surface area contributed by atoms with Gasteiger partial charge in [-0.05, 0) is 43.0 Å². The molecule has 1 aliphatic carbocycles. The number of alkyl halides is 3. The van der Waals surface area contributed by atoms with Crippen molar-refractivity contribution in [1.82, 2.24) is 10.3 Å². The molecule has 1 aliphatic rings. The highest BCUT2D eigenvalue weighted by atomic mass is 19.4. The molecule has 27 heavy (non-hydrogen) atoms. The van der Waals surface area contributed by atoms with E-state index in [4.69, 9.17) is 0 Å². The van der Waals surface area contributed by atoms with Crippen LogP contribution in [0.2, 0.25) is 0 Å². The van der Waals surface area contributed by atoms with Crippen LogP contribution in [0.3, 0.4) is 0 Å². The fraction of sp³-hybridized carbons (Fsp3) is 0.368. The summed E-state index contributed by atoms with van der Waals surface area (Å²) in [7, 11) is 0. The molecule has 0 bridgehead atoms. The molecule has 1 amide bonds. The third-order valence-electron chi connectivity index (χ3n) is 4.58. The molecule has 2 aromatic rings. The number of carbonyl (C=O) groups is 1. The van der Waals surface area contributed by atoms with Crippen LogP contribution in [-0.2, 0) is 6.18 Å². The first-order chi connectivity index (χ1) is 12.8. The highest BCUT2D eigenvalue weighted by Crippen LogP contribution is 2.34. The van der Waals surface area contributed by atoms with E-state index in [1.807, 2.05) is 0 Å². The smallest absolute Gasteiger partial charge is 0.352 e. The molecule has 0 unspecified atom stereocenters. The number of benzene rings is 1. The Morgan fingerprint density at radius 3 is 2.59 bits per heavy atom. The van der Waals surface area contributed by atoms with E-state index in [2.05, 4.69) is 15.6 Å². The van der Waals surface area contributed by atoms with Crippen molar-refractivity contribution in [2.24, 2.45) is 5.92 Å². The summed E-state index contributed by atoms with van der Waals surface area (Å²) in [6.45, 7) is 0.361. The first kappa shape index (κ1) is 19.1. The molecule has 4 nitrogen and oxygen atoms in total. The fourth-order valence-corrected chi connectivity index (χ4v) is 3.20. The third-order valence-corrected chi connectivity index (χ3v) is 4.58. The Bertz CT molecular complexity index is 817. The van der Waals surface area contributed by atoms with Crippen molar-refractivity contribution in [3.05, 3.63) is 53.5 Å². The quantitative estimate of drug-likeness (QED) is 0.724. The van der Waals surface area contributed by atoms with Gasteiger partial charge in [0.2, 0.25) is 0 Å². The van der Waals surface area contributed by atoms with Gasteiger partial charge in [-0.15, -0.1) is 0 Å². The minimum absolute atomic E-state index is 0.125. The number of carbonyl (C=O) groups excluding carboxylic acids is 1. The van der Waals surface area contributed by atoms with E-state index < -0.39 is 29.0 Å². The first-order valence-corrected chi connectivity index (χ1v) is 8.71. The van der Waals surface area contributed by atoms with Gasteiger partial charge in [0.15, 0.2) is 0 Å². The largest absolute Gasteiger partial charge is 0.417 e. The van der Waals surface area contributed by atoms with Crippen LogP contribution in [0.5, 0.6) is 0 Å². The van der Waals surface area contributed by atoms with Gasteiger partial charge in [0.1, 0.15) is 11.6 Å². The maximum absolute atomic E-state index is 13.4. The number of nitrogens with one attached hydrogen (secondary N) is 2. The van der Waals surface area contributed by atoms with Crippen molar-refractivity contribution in [3.63, 3.8) is 0 Å². The van der Waals surface area contributed by atoms with E-state index in [-0.39, 0.29) is 11.5 Å². The number of halogens is 4. The fourth-order valence-electron chi connectivity index (χ4n) is 3.20. The minimum atomic E-state index is -4.72. The van der Waals surface area contributed by atoms with E-state index in [1.165, 1.54) is 18.2 Å². The zero-order chi connectivity index (χ0) is 19.4. The van der Waals surface area contributed by atoms with Gasteiger partial charge in [0.25, 0.3) is 5.91 Å². The lowest BCUT2D eigenvalue weighted by Gasteiger charge is -2.16. The van der Waals surface area contributed by atoms with Gasteiger partial charge in [-0.25, -0.2) is 9.37 Å². The number of aromatic nitrogens is 1. The molecule has 1 fully saturated rings. The summed E-state index contributed by atoms with van der Waals surface area (Å²) < 4.78 is 53.5. The highest BCUT2D eigenvalue weighted by Gasteiger charge is 2.36. The van der Waals surface area contributed by atoms with E-state index in [1.54, 1.807) is 0 Å². The van der Waals surface area contributed by atoms with Gasteiger partial charge in [-0.1, -0.05) is 18.9 Å². The van der Waals surface area contributed by atoms with Crippen LogP contribution in [0.25, 0.3) is 0 Å². The molecule has 2 N–H and O–H groups in total. The molecule has 0 saturated heterocycles. The van der Waals surface area contributed by atoms with E-state index in [0.717, 1.165) is 44.0 Å². The van der Waals surface area contributed by atoms with Crippen LogP contribution in [0.1, 0.15) is 41.6 Å². The molecule has 144 valence electrons. The summed E-state index contributed by atoms with van der Waals surface area (Å²) in [4.78, 5) is 16.1. The van der Waals surface area contributed by atoms with Gasteiger partial charge < -0.3 is 10.6 Å². The Morgan fingerprint density at radius 1 is 1.19 bits per heavy atom. The Balaban J connectivity index is 1.80. The molecule has 8 heteroatoms. The number of hydrogen-bond acceptors (Lipinski definition) is 3. The molecule has 0 atom stereocenters. The molecule has 0 spiro atoms. The summed E-state index contributed by atoms with van der Waals surface area (Å²) >= 11 is 0. The molecule has 1 saturated carbocycles. The van der Waals surface area contributed by atoms with Crippen LogP contribution < -0.4 is 10.6 Å². The topological polar surface area (TPSA) is 54.0 Å². The zero-order valence-electron chi connectivity index (χ0n) is 14.4. The lowest BCUT2D eigenvalue weighted by atomic mass is 10.1. The molecule has 0 radical (unpaired) electrons. The van der Waals surface area contributed by atoms with Crippen molar-refractivity contribution >= 4 is 17.4 Å². The third kappa shape index (κ3) is 4.96. The zero-order valence-corrected chi connectivity index (χ0v) is 14.4. The molecular formula is C19H19F4N3O. The number of hydrogen-bond donors (Lipinski definition) is 2. The second kappa shape index (κ2) is 7.94. The van der Waals surface area contributed by atoms with Crippen LogP contribution in [0.4, 0.5) is 29.1 Å². The Hall–Kier alpha value is -2.64. The predicted molar refractivity (Wildman–Crippen MR) is 93.2 cm³/mol. The van der Waals surface area contributed by atoms with Gasteiger partial charge in [0, 0.05) is 18.4 Å². The number of pyridine rings is 1. The van der Waals surface area contributed by atoms with Gasteiger partial charge in [-0.2, -0.15) is 13.2 Å². The van der Waals surface area contributed by atoms with E-state index in [0.29, 0.717) is 12.5 Å². The maximum atomic E-state index is 13.4. The lowest BCUT2D eigenvalue weighted by molar-refractivity contribution is -0.137. The Labute approximate surface area is 154 Å². The first-order valence-electron chi connectivity index (χ1n) is 8.71. The monoisotopic (exact) mass is 381 g/mol. The van der Waals surface area contributed by atoms with E-state index >= 15 is 0 Å². The summed E-state index contributed by atoms with van der Waals surface area (Å²) in [6, 6.07) is 6.04. The molecular weight excluding hydrogens is 362 g/mol. The van der Waals surface area contributed by atoms with E-state index in [9.17, 15) is 22.4 Å². The van der Waals surface area contributed by atoms with Crippen molar-refractivity contribution in [1.29, 1.82) is 0 Å². The molecule has 1 aromatic heterocycles. The Kier molecular flexibility index (Phi) is 5.62. The normalized spacial score (nSPS) is 15.0. The van der Waals surface area contributed by atoms with Crippen LogP contribution in [0, 0.1) is 11.7 Å². The molecule has 0 aliphatic heterocycles. The Morgan fingerprint density at radius 2 is 1.93 bits per heavy atom. The SMILES string of the molecule is O=C(NCC1CCCC1)c1cnc(Nc2cccc(F)c2)cc1C(F)(F)F. The van der Waals surface area contributed by atoms with Crippen molar-refractivity contribution in [2.75, 3.05) is 11.9 Å². The van der Waals surface area contributed by atoms with Crippen LogP contribution in [-0.4, -0.2) is 17.4 Å². The summed E-state index contributed by atoms with van der Waals surface area (Å²) in [5.74, 6) is -1.14. The van der Waals surface area contributed by atoms with Gasteiger partial charge in [0.05, 0.1) is 11.1 Å². The van der Waals surface area contributed by atoms with Crippen molar-refractivity contribution < 1.29 is 22.4 Å². The second-order valence-electron chi connectivity index (χ2n) is 6.61. The second-order valence-corrected chi connectivity index (χ2v) is 6.61. The molecule has 3 rings (SSSR count). The number of anilines is 2. The van der Waals surface area contributed by atoms with Crippen molar-refractivity contribution in [2.45, 2.75) is 31.9 Å². The summed E-state index contributed by atoms with van der Waals surface area (Å²) in [5, 5.41) is 5.20. The average Bonchev–Trinajstić information content (AvgIpc) is 3.12. The van der Waals surface area contributed by atoms with Gasteiger partial charge >= 0.3 is 6.18 Å². The minimum Gasteiger partial charge on any atom is -0.352 e. The number of rotatable bonds is 5. The van der Waals surface area contributed by atoms with Gasteiger partial charge in [-0.3, -0.25) is 4.79 Å². The maximum Gasteiger partial charge on any atom is 0.417 e. The van der Waals surface area contributed by atoms with Crippen LogP contribution in [0.15, 0.2) is 36.5 Å². The van der Waals surface area contributed by atoms with Crippen molar-refractivity contribution in [3.8, 4) is 0 Å². The predicted octanol–water partition coefficient (Wildman–Crippen LogP) is 4.90. The number of nitrogens with zero attached hydrogens (tertiary/aromatic N) is 1.